The first-order valence-electron chi connectivity index (χ1n) is 9.47. The number of rotatable bonds is 7. The average Bonchev–Trinajstić information content (AvgIpc) is 3.09. The molecule has 0 aromatic carbocycles. The Hall–Kier alpha value is -2.47. The summed E-state index contributed by atoms with van der Waals surface area (Å²) in [6.45, 7) is 4.66. The summed E-state index contributed by atoms with van der Waals surface area (Å²) in [7, 11) is 0. The Kier molecular flexibility index (Phi) is 9.06. The number of furan rings is 1. The zero-order valence-corrected chi connectivity index (χ0v) is 16.2. The molecule has 1 aliphatic heterocycles. The van der Waals surface area contributed by atoms with Crippen LogP contribution in [0.1, 0.15) is 16.3 Å². The molecule has 0 amide bonds. The molecule has 0 aliphatic carbocycles. The Labute approximate surface area is 168 Å². The SMILES string of the molecule is O=C(O)CN1CCNCCN(CC(=O)O)CCN(Cc2ccc(C(=O)O)o2)CC1. The highest BCUT2D eigenvalue weighted by Crippen LogP contribution is 2.11. The van der Waals surface area contributed by atoms with Crippen molar-refractivity contribution in [2.45, 2.75) is 6.54 Å². The van der Waals surface area contributed by atoms with Gasteiger partial charge in [0.15, 0.2) is 0 Å². The van der Waals surface area contributed by atoms with Crippen molar-refractivity contribution in [2.75, 3.05) is 65.4 Å². The van der Waals surface area contributed by atoms with E-state index in [0.717, 1.165) is 0 Å². The van der Waals surface area contributed by atoms with Crippen LogP contribution in [0.4, 0.5) is 0 Å². The fourth-order valence-electron chi connectivity index (χ4n) is 3.16. The summed E-state index contributed by atoms with van der Waals surface area (Å²) in [6.07, 6.45) is 0. The number of nitrogens with one attached hydrogen (secondary N) is 1. The third-order valence-corrected chi connectivity index (χ3v) is 4.64. The Morgan fingerprint density at radius 2 is 1.34 bits per heavy atom. The molecule has 0 saturated carbocycles. The number of hydrogen-bond donors (Lipinski definition) is 4. The Balaban J connectivity index is 2.07. The Bertz CT molecular complexity index is 664. The summed E-state index contributed by atoms with van der Waals surface area (Å²) >= 11 is 0. The second-order valence-electron chi connectivity index (χ2n) is 6.94. The topological polar surface area (TPSA) is 147 Å². The lowest BCUT2D eigenvalue weighted by atomic mass is 10.3. The normalized spacial score (nSPS) is 18.6. The van der Waals surface area contributed by atoms with Crippen LogP contribution in [0.3, 0.4) is 0 Å². The van der Waals surface area contributed by atoms with E-state index in [4.69, 9.17) is 19.7 Å². The maximum atomic E-state index is 11.1. The van der Waals surface area contributed by atoms with Crippen molar-refractivity contribution >= 4 is 17.9 Å². The third-order valence-electron chi connectivity index (χ3n) is 4.64. The summed E-state index contributed by atoms with van der Waals surface area (Å²) in [6, 6.07) is 3.00. The zero-order chi connectivity index (χ0) is 21.2. The van der Waals surface area contributed by atoms with Crippen molar-refractivity contribution in [3.8, 4) is 0 Å². The minimum Gasteiger partial charge on any atom is -0.480 e. The molecule has 1 fully saturated rings. The van der Waals surface area contributed by atoms with Crippen LogP contribution in [0.25, 0.3) is 0 Å². The lowest BCUT2D eigenvalue weighted by Crippen LogP contribution is -2.46. The van der Waals surface area contributed by atoms with Gasteiger partial charge in [-0.15, -0.1) is 0 Å². The first kappa shape index (κ1) is 22.8. The Morgan fingerprint density at radius 1 is 0.828 bits per heavy atom. The first-order chi connectivity index (χ1) is 13.8. The Morgan fingerprint density at radius 3 is 1.79 bits per heavy atom. The third kappa shape index (κ3) is 8.60. The quantitative estimate of drug-likeness (QED) is 0.444. The van der Waals surface area contributed by atoms with E-state index in [2.05, 4.69) is 5.32 Å². The van der Waals surface area contributed by atoms with Gasteiger partial charge in [-0.1, -0.05) is 0 Å². The van der Waals surface area contributed by atoms with E-state index in [0.29, 0.717) is 64.7 Å². The van der Waals surface area contributed by atoms with Crippen molar-refractivity contribution in [2.24, 2.45) is 0 Å². The van der Waals surface area contributed by atoms with E-state index >= 15 is 0 Å². The molecule has 0 radical (unpaired) electrons. The molecule has 2 heterocycles. The number of aliphatic carboxylic acids is 2. The van der Waals surface area contributed by atoms with Crippen LogP contribution in [0.5, 0.6) is 0 Å². The average molecular weight is 412 g/mol. The second kappa shape index (κ2) is 11.5. The van der Waals surface area contributed by atoms with Gasteiger partial charge in [0, 0.05) is 52.4 Å². The molecule has 11 nitrogen and oxygen atoms in total. The summed E-state index contributed by atoms with van der Waals surface area (Å²) in [4.78, 5) is 38.9. The molecule has 0 bridgehead atoms. The van der Waals surface area contributed by atoms with Crippen molar-refractivity contribution < 1.29 is 34.1 Å². The minimum absolute atomic E-state index is 0.0649. The van der Waals surface area contributed by atoms with Gasteiger partial charge in [-0.05, 0) is 12.1 Å². The molecule has 2 rings (SSSR count). The monoisotopic (exact) mass is 412 g/mol. The van der Waals surface area contributed by atoms with Crippen molar-refractivity contribution in [3.63, 3.8) is 0 Å². The lowest BCUT2D eigenvalue weighted by molar-refractivity contribution is -0.139. The molecule has 1 aromatic heterocycles. The number of hydrogen-bond acceptors (Lipinski definition) is 8. The van der Waals surface area contributed by atoms with E-state index in [1.807, 2.05) is 14.7 Å². The molecule has 0 spiro atoms. The highest BCUT2D eigenvalue weighted by Gasteiger charge is 2.18. The number of carbonyl (C=O) groups is 3. The van der Waals surface area contributed by atoms with Crippen LogP contribution in [-0.2, 0) is 16.1 Å². The predicted octanol–water partition coefficient (Wildman–Crippen LogP) is -0.844. The maximum Gasteiger partial charge on any atom is 0.371 e. The van der Waals surface area contributed by atoms with E-state index in [1.54, 1.807) is 6.07 Å². The van der Waals surface area contributed by atoms with E-state index in [1.165, 1.54) is 6.07 Å². The molecule has 162 valence electrons. The summed E-state index contributed by atoms with van der Waals surface area (Å²) < 4.78 is 5.34. The smallest absolute Gasteiger partial charge is 0.371 e. The maximum absolute atomic E-state index is 11.1. The zero-order valence-electron chi connectivity index (χ0n) is 16.2. The largest absolute Gasteiger partial charge is 0.480 e. The van der Waals surface area contributed by atoms with Crippen LogP contribution in [0.15, 0.2) is 16.5 Å². The van der Waals surface area contributed by atoms with Crippen LogP contribution in [-0.4, -0.2) is 113 Å². The molecule has 1 aromatic rings. The molecular formula is C18H28N4O7. The molecule has 1 aliphatic rings. The first-order valence-corrected chi connectivity index (χ1v) is 9.47. The number of nitrogens with zero attached hydrogens (tertiary/aromatic N) is 3. The van der Waals surface area contributed by atoms with Gasteiger partial charge in [-0.3, -0.25) is 24.3 Å². The minimum atomic E-state index is -1.14. The van der Waals surface area contributed by atoms with E-state index in [-0.39, 0.29) is 18.8 Å². The van der Waals surface area contributed by atoms with Gasteiger partial charge in [0.05, 0.1) is 19.6 Å². The number of carboxylic acid groups (broad SMARTS) is 3. The predicted molar refractivity (Wildman–Crippen MR) is 102 cm³/mol. The molecule has 0 unspecified atom stereocenters. The van der Waals surface area contributed by atoms with Gasteiger partial charge in [0.2, 0.25) is 5.76 Å². The van der Waals surface area contributed by atoms with Gasteiger partial charge in [-0.2, -0.15) is 0 Å². The van der Waals surface area contributed by atoms with Gasteiger partial charge < -0.3 is 25.1 Å². The summed E-state index contributed by atoms with van der Waals surface area (Å²) in [5.74, 6) is -2.58. The molecule has 11 heteroatoms. The van der Waals surface area contributed by atoms with Gasteiger partial charge >= 0.3 is 17.9 Å². The summed E-state index contributed by atoms with van der Waals surface area (Å²) in [5, 5.41) is 30.5. The van der Waals surface area contributed by atoms with Gasteiger partial charge in [0.25, 0.3) is 0 Å². The molecular weight excluding hydrogens is 384 g/mol. The van der Waals surface area contributed by atoms with Gasteiger partial charge in [-0.25, -0.2) is 4.79 Å². The molecule has 4 N–H and O–H groups in total. The number of aromatic carboxylic acids is 1. The fraction of sp³-hybridized carbons (Fsp3) is 0.611. The molecule has 0 atom stereocenters. The van der Waals surface area contributed by atoms with Crippen molar-refractivity contribution in [1.82, 2.24) is 20.0 Å². The lowest BCUT2D eigenvalue weighted by Gasteiger charge is -2.30. The van der Waals surface area contributed by atoms with Crippen LogP contribution >= 0.6 is 0 Å². The van der Waals surface area contributed by atoms with Crippen molar-refractivity contribution in [1.29, 1.82) is 0 Å². The summed E-state index contributed by atoms with van der Waals surface area (Å²) in [5.41, 5.74) is 0. The van der Waals surface area contributed by atoms with E-state index < -0.39 is 17.9 Å². The second-order valence-corrected chi connectivity index (χ2v) is 6.94. The van der Waals surface area contributed by atoms with Crippen LogP contribution < -0.4 is 5.32 Å². The highest BCUT2D eigenvalue weighted by atomic mass is 16.4. The number of carboxylic acids is 3. The molecule has 1 saturated heterocycles. The fourth-order valence-corrected chi connectivity index (χ4v) is 3.16. The van der Waals surface area contributed by atoms with Crippen molar-refractivity contribution in [3.05, 3.63) is 23.7 Å². The van der Waals surface area contributed by atoms with Gasteiger partial charge in [0.1, 0.15) is 5.76 Å². The van der Waals surface area contributed by atoms with Crippen LogP contribution in [0.2, 0.25) is 0 Å². The van der Waals surface area contributed by atoms with E-state index in [9.17, 15) is 14.4 Å². The molecule has 29 heavy (non-hydrogen) atoms. The highest BCUT2D eigenvalue weighted by molar-refractivity contribution is 5.84. The standard InChI is InChI=1S/C18H28N4O7/c23-16(24)12-20-5-3-19-4-6-21(13-17(25)26)8-10-22(9-7-20)11-14-1-2-15(29-14)18(27)28/h1-2,19H,3-13H2,(H,23,24)(H,25,26)(H,27,28). The van der Waals surface area contributed by atoms with Crippen LogP contribution in [0, 0.1) is 0 Å².